The predicted octanol–water partition coefficient (Wildman–Crippen LogP) is 15.7. The number of nitrogens with zero attached hydrogens (tertiary/aromatic N) is 1. The van der Waals surface area contributed by atoms with Gasteiger partial charge in [-0.15, -0.1) is 0 Å². The summed E-state index contributed by atoms with van der Waals surface area (Å²) in [4.78, 5) is 37.8. The van der Waals surface area contributed by atoms with E-state index in [4.69, 9.17) is 18.5 Å². The van der Waals surface area contributed by atoms with Crippen LogP contribution in [0, 0.1) is 0 Å². The molecule has 0 heterocycles. The van der Waals surface area contributed by atoms with Gasteiger partial charge in [0.15, 0.2) is 6.10 Å². The number of carbonyl (C=O) groups is 2. The zero-order valence-corrected chi connectivity index (χ0v) is 43.5. The van der Waals surface area contributed by atoms with Gasteiger partial charge in [0, 0.05) is 12.8 Å². The van der Waals surface area contributed by atoms with Crippen molar-refractivity contribution in [2.45, 2.75) is 283 Å². The highest BCUT2D eigenvalue weighted by Crippen LogP contribution is 2.38. The minimum Gasteiger partial charge on any atom is -0.756 e. The van der Waals surface area contributed by atoms with Gasteiger partial charge in [-0.3, -0.25) is 14.2 Å². The van der Waals surface area contributed by atoms with Crippen LogP contribution in [-0.4, -0.2) is 70.0 Å². The summed E-state index contributed by atoms with van der Waals surface area (Å²) in [6.07, 6.45) is 49.9. The van der Waals surface area contributed by atoms with Crippen molar-refractivity contribution in [1.82, 2.24) is 0 Å². The molecular weight excluding hydrogens is 810 g/mol. The normalized spacial score (nSPS) is 13.3. The molecule has 0 aromatic heterocycles. The average molecular weight is 916 g/mol. The molecular formula is C53H106NO8P. The van der Waals surface area contributed by atoms with Gasteiger partial charge in [-0.2, -0.15) is 0 Å². The third-order valence-corrected chi connectivity index (χ3v) is 13.3. The number of phosphoric acid groups is 1. The van der Waals surface area contributed by atoms with E-state index in [1.54, 1.807) is 0 Å². The number of hydrogen-bond acceptors (Lipinski definition) is 8. The second-order valence-electron chi connectivity index (χ2n) is 20.0. The molecule has 63 heavy (non-hydrogen) atoms. The molecule has 9 nitrogen and oxygen atoms in total. The zero-order valence-electron chi connectivity index (χ0n) is 42.6. The van der Waals surface area contributed by atoms with Crippen LogP contribution in [0.3, 0.4) is 0 Å². The third-order valence-electron chi connectivity index (χ3n) is 12.4. The fraction of sp³-hybridized carbons (Fsp3) is 0.962. The molecule has 0 aromatic rings. The number of unbranched alkanes of at least 4 members (excludes halogenated alkanes) is 37. The second kappa shape index (κ2) is 46.1. The molecule has 0 fully saturated rings. The van der Waals surface area contributed by atoms with Crippen molar-refractivity contribution in [3.05, 3.63) is 0 Å². The van der Waals surface area contributed by atoms with Crippen molar-refractivity contribution in [3.63, 3.8) is 0 Å². The van der Waals surface area contributed by atoms with Crippen LogP contribution < -0.4 is 4.89 Å². The number of carbonyl (C=O) groups excluding carboxylic acids is 2. The molecule has 0 radical (unpaired) electrons. The van der Waals surface area contributed by atoms with E-state index in [0.717, 1.165) is 32.1 Å². The minimum absolute atomic E-state index is 0.0252. The summed E-state index contributed by atoms with van der Waals surface area (Å²) in [5.41, 5.74) is 0. The average Bonchev–Trinajstić information content (AvgIpc) is 3.24. The number of rotatable bonds is 51. The lowest BCUT2D eigenvalue weighted by molar-refractivity contribution is -0.870. The van der Waals surface area contributed by atoms with Crippen LogP contribution in [-0.2, 0) is 32.7 Å². The zero-order chi connectivity index (χ0) is 46.4. The molecule has 2 unspecified atom stereocenters. The van der Waals surface area contributed by atoms with Crippen LogP contribution >= 0.6 is 7.82 Å². The van der Waals surface area contributed by atoms with E-state index < -0.39 is 26.5 Å². The van der Waals surface area contributed by atoms with Crippen LogP contribution in [0.4, 0.5) is 0 Å². The molecule has 0 saturated carbocycles. The Bertz CT molecular complexity index is 1040. The molecule has 0 aromatic carbocycles. The molecule has 0 spiro atoms. The molecule has 10 heteroatoms. The van der Waals surface area contributed by atoms with Gasteiger partial charge in [-0.05, 0) is 12.8 Å². The maximum absolute atomic E-state index is 12.8. The third kappa shape index (κ3) is 50.3. The van der Waals surface area contributed by atoms with E-state index in [0.29, 0.717) is 17.4 Å². The van der Waals surface area contributed by atoms with Gasteiger partial charge in [-0.1, -0.05) is 251 Å². The van der Waals surface area contributed by atoms with Crippen molar-refractivity contribution in [1.29, 1.82) is 0 Å². The molecule has 376 valence electrons. The Morgan fingerprint density at radius 2 is 0.714 bits per heavy atom. The van der Waals surface area contributed by atoms with Gasteiger partial charge < -0.3 is 27.9 Å². The van der Waals surface area contributed by atoms with Crippen LogP contribution in [0.1, 0.15) is 277 Å². The van der Waals surface area contributed by atoms with Gasteiger partial charge in [0.25, 0.3) is 7.82 Å². The van der Waals surface area contributed by atoms with E-state index in [2.05, 4.69) is 13.8 Å². The van der Waals surface area contributed by atoms with Crippen molar-refractivity contribution in [3.8, 4) is 0 Å². The molecule has 0 amide bonds. The number of phosphoric ester groups is 1. The number of quaternary nitrogens is 1. The van der Waals surface area contributed by atoms with Gasteiger partial charge in [0.2, 0.25) is 0 Å². The van der Waals surface area contributed by atoms with Gasteiger partial charge in [0.05, 0.1) is 27.7 Å². The number of hydrogen-bond donors (Lipinski definition) is 0. The van der Waals surface area contributed by atoms with Crippen molar-refractivity contribution < 1.29 is 42.1 Å². The van der Waals surface area contributed by atoms with E-state index in [1.165, 1.54) is 212 Å². The highest BCUT2D eigenvalue weighted by atomic mass is 31.2. The fourth-order valence-corrected chi connectivity index (χ4v) is 8.86. The molecule has 0 aliphatic rings. The Kier molecular flexibility index (Phi) is 45.4. The first-order valence-corrected chi connectivity index (χ1v) is 28.7. The first-order chi connectivity index (χ1) is 30.5. The van der Waals surface area contributed by atoms with Crippen LogP contribution in [0.15, 0.2) is 0 Å². The Labute approximate surface area is 391 Å². The maximum atomic E-state index is 12.8. The summed E-state index contributed by atoms with van der Waals surface area (Å²) in [7, 11) is 1.19. The lowest BCUT2D eigenvalue weighted by Gasteiger charge is -2.28. The summed E-state index contributed by atoms with van der Waals surface area (Å²) in [6, 6.07) is 0. The smallest absolute Gasteiger partial charge is 0.306 e. The van der Waals surface area contributed by atoms with E-state index in [9.17, 15) is 19.0 Å². The highest BCUT2D eigenvalue weighted by Gasteiger charge is 2.22. The largest absolute Gasteiger partial charge is 0.756 e. The van der Waals surface area contributed by atoms with Gasteiger partial charge in [-0.25, -0.2) is 0 Å². The summed E-state index contributed by atoms with van der Waals surface area (Å²) in [6.45, 7) is 4.30. The SMILES string of the molecule is CCCCCCCCCCCCCCCCCCCCCCCC(=O)OCC(COP(=O)([O-])OCC[N+](C)(C)C)OC(=O)CCCCCCCCCCCCCCCCCCCC. The highest BCUT2D eigenvalue weighted by molar-refractivity contribution is 7.45. The molecule has 0 N–H and O–H groups in total. The lowest BCUT2D eigenvalue weighted by atomic mass is 10.0. The van der Waals surface area contributed by atoms with Gasteiger partial charge in [0.1, 0.15) is 19.8 Å². The van der Waals surface area contributed by atoms with Crippen LogP contribution in [0.5, 0.6) is 0 Å². The lowest BCUT2D eigenvalue weighted by Crippen LogP contribution is -2.37. The van der Waals surface area contributed by atoms with Crippen molar-refractivity contribution >= 4 is 19.8 Å². The maximum Gasteiger partial charge on any atom is 0.306 e. The number of likely N-dealkylation sites (N-methyl/N-ethyl adjacent to an activating group) is 1. The summed E-state index contributed by atoms with van der Waals surface area (Å²) in [5.74, 6) is -0.811. The monoisotopic (exact) mass is 916 g/mol. The Morgan fingerprint density at radius 3 is 1.02 bits per heavy atom. The van der Waals surface area contributed by atoms with Crippen molar-refractivity contribution in [2.75, 3.05) is 47.5 Å². The van der Waals surface area contributed by atoms with Crippen LogP contribution in [0.2, 0.25) is 0 Å². The molecule has 0 aliphatic carbocycles. The van der Waals surface area contributed by atoms with E-state index in [1.807, 2.05) is 21.1 Å². The fourth-order valence-electron chi connectivity index (χ4n) is 8.13. The summed E-state index contributed by atoms with van der Waals surface area (Å²) >= 11 is 0. The molecule has 0 aliphatic heterocycles. The van der Waals surface area contributed by atoms with E-state index >= 15 is 0 Å². The molecule has 2 atom stereocenters. The summed E-state index contributed by atoms with van der Waals surface area (Å²) in [5, 5.41) is 0. The minimum atomic E-state index is -4.62. The van der Waals surface area contributed by atoms with E-state index in [-0.39, 0.29) is 32.0 Å². The molecule has 0 bridgehead atoms. The van der Waals surface area contributed by atoms with Crippen LogP contribution in [0.25, 0.3) is 0 Å². The quantitative estimate of drug-likeness (QED) is 0.0257. The molecule has 0 rings (SSSR count). The number of ether oxygens (including phenoxy) is 2. The van der Waals surface area contributed by atoms with Gasteiger partial charge >= 0.3 is 11.9 Å². The topological polar surface area (TPSA) is 111 Å². The second-order valence-corrected chi connectivity index (χ2v) is 21.4. The Morgan fingerprint density at radius 1 is 0.429 bits per heavy atom. The standard InChI is InChI=1S/C53H106NO8P/c1-6-8-10-12-14-16-18-20-22-24-26-27-28-30-31-33-35-37-39-41-43-45-52(55)59-49-51(50-61-63(57,58)60-48-47-54(3,4)5)62-53(56)46-44-42-40-38-36-34-32-29-25-23-21-19-17-15-13-11-9-7-2/h51H,6-50H2,1-5H3. The first-order valence-electron chi connectivity index (χ1n) is 27.2. The first kappa shape index (κ1) is 62.0. The Hall–Kier alpha value is -0.990. The summed E-state index contributed by atoms with van der Waals surface area (Å²) < 4.78 is 34.1. The molecule has 0 saturated heterocycles. The number of esters is 2. The predicted molar refractivity (Wildman–Crippen MR) is 264 cm³/mol. The van der Waals surface area contributed by atoms with Crippen molar-refractivity contribution in [2.24, 2.45) is 0 Å². The Balaban J connectivity index is 4.15.